The maximum Gasteiger partial charge on any atom is 0.228 e. The Balaban J connectivity index is 1.54. The van der Waals surface area contributed by atoms with E-state index in [0.717, 1.165) is 27.6 Å². The third-order valence-electron chi connectivity index (χ3n) is 3.81. The molecular weight excluding hydrogens is 344 g/mol. The van der Waals surface area contributed by atoms with Gasteiger partial charge in [-0.2, -0.15) is 0 Å². The summed E-state index contributed by atoms with van der Waals surface area (Å²) < 4.78 is 5.29. The first-order valence-corrected chi connectivity index (χ1v) is 9.26. The Hall–Kier alpha value is -2.79. The van der Waals surface area contributed by atoms with E-state index in [1.165, 1.54) is 5.56 Å². The minimum absolute atomic E-state index is 0.0646. The minimum atomic E-state index is -0.0646. The van der Waals surface area contributed by atoms with E-state index >= 15 is 0 Å². The molecule has 0 aliphatic heterocycles. The molecule has 0 saturated carbocycles. The van der Waals surface area contributed by atoms with Crippen molar-refractivity contribution in [3.63, 3.8) is 0 Å². The second-order valence-electron chi connectivity index (χ2n) is 5.71. The highest BCUT2D eigenvalue weighted by atomic mass is 32.2. The van der Waals surface area contributed by atoms with Gasteiger partial charge in [0.15, 0.2) is 0 Å². The SMILES string of the molecule is COc1ccccc1CC(=O)Nc1ccc(SCc2cccnc2)cc1. The topological polar surface area (TPSA) is 51.2 Å². The lowest BCUT2D eigenvalue weighted by atomic mass is 10.1. The molecule has 3 aromatic rings. The number of ether oxygens (including phenoxy) is 1. The third-order valence-corrected chi connectivity index (χ3v) is 4.89. The van der Waals surface area contributed by atoms with E-state index < -0.39 is 0 Å². The molecule has 0 saturated heterocycles. The number of methoxy groups -OCH3 is 1. The molecule has 5 heteroatoms. The molecule has 0 bridgehead atoms. The van der Waals surface area contributed by atoms with E-state index in [0.29, 0.717) is 0 Å². The van der Waals surface area contributed by atoms with Crippen LogP contribution in [-0.4, -0.2) is 18.0 Å². The summed E-state index contributed by atoms with van der Waals surface area (Å²) in [6, 6.07) is 19.4. The number of nitrogens with one attached hydrogen (secondary N) is 1. The first kappa shape index (κ1) is 18.0. The highest BCUT2D eigenvalue weighted by molar-refractivity contribution is 7.98. The third kappa shape index (κ3) is 5.10. The van der Waals surface area contributed by atoms with Gasteiger partial charge in [0.1, 0.15) is 5.75 Å². The summed E-state index contributed by atoms with van der Waals surface area (Å²) in [6.45, 7) is 0. The van der Waals surface area contributed by atoms with Crippen molar-refractivity contribution in [2.45, 2.75) is 17.1 Å². The van der Waals surface area contributed by atoms with Gasteiger partial charge in [-0.25, -0.2) is 0 Å². The average molecular weight is 364 g/mol. The van der Waals surface area contributed by atoms with Gasteiger partial charge in [-0.1, -0.05) is 24.3 Å². The van der Waals surface area contributed by atoms with Crippen LogP contribution in [0.5, 0.6) is 5.75 Å². The van der Waals surface area contributed by atoms with Crippen molar-refractivity contribution in [2.24, 2.45) is 0 Å². The molecule has 132 valence electrons. The fourth-order valence-electron chi connectivity index (χ4n) is 2.51. The van der Waals surface area contributed by atoms with E-state index in [1.807, 2.05) is 60.8 Å². The second kappa shape index (κ2) is 9.06. The Morgan fingerprint density at radius 2 is 1.88 bits per heavy atom. The van der Waals surface area contributed by atoms with Gasteiger partial charge in [-0.3, -0.25) is 9.78 Å². The molecule has 1 heterocycles. The van der Waals surface area contributed by atoms with Crippen molar-refractivity contribution in [2.75, 3.05) is 12.4 Å². The van der Waals surface area contributed by atoms with Crippen LogP contribution in [0.15, 0.2) is 78.0 Å². The molecule has 0 aliphatic rings. The minimum Gasteiger partial charge on any atom is -0.496 e. The monoisotopic (exact) mass is 364 g/mol. The van der Waals surface area contributed by atoms with Gasteiger partial charge in [-0.15, -0.1) is 11.8 Å². The highest BCUT2D eigenvalue weighted by Gasteiger charge is 2.08. The van der Waals surface area contributed by atoms with Crippen molar-refractivity contribution in [3.05, 3.63) is 84.2 Å². The number of carbonyl (C=O) groups is 1. The zero-order valence-corrected chi connectivity index (χ0v) is 15.3. The molecule has 1 amide bonds. The number of aromatic nitrogens is 1. The summed E-state index contributed by atoms with van der Waals surface area (Å²) >= 11 is 1.74. The first-order chi connectivity index (χ1) is 12.7. The van der Waals surface area contributed by atoms with Crippen LogP contribution in [0.4, 0.5) is 5.69 Å². The van der Waals surface area contributed by atoms with Crippen LogP contribution < -0.4 is 10.1 Å². The maximum atomic E-state index is 12.3. The van der Waals surface area contributed by atoms with Gasteiger partial charge in [0.2, 0.25) is 5.91 Å². The largest absolute Gasteiger partial charge is 0.496 e. The lowest BCUT2D eigenvalue weighted by Gasteiger charge is -2.09. The summed E-state index contributed by atoms with van der Waals surface area (Å²) in [4.78, 5) is 17.5. The van der Waals surface area contributed by atoms with Gasteiger partial charge < -0.3 is 10.1 Å². The summed E-state index contributed by atoms with van der Waals surface area (Å²) in [6.07, 6.45) is 3.93. The van der Waals surface area contributed by atoms with E-state index in [4.69, 9.17) is 4.74 Å². The van der Waals surface area contributed by atoms with Gasteiger partial charge >= 0.3 is 0 Å². The second-order valence-corrected chi connectivity index (χ2v) is 6.76. The van der Waals surface area contributed by atoms with Crippen molar-refractivity contribution in [1.82, 2.24) is 4.98 Å². The fourth-order valence-corrected chi connectivity index (χ4v) is 3.34. The maximum absolute atomic E-state index is 12.3. The van der Waals surface area contributed by atoms with Crippen LogP contribution >= 0.6 is 11.8 Å². The molecule has 1 N–H and O–H groups in total. The molecule has 0 spiro atoms. The Morgan fingerprint density at radius 3 is 2.62 bits per heavy atom. The normalized spacial score (nSPS) is 10.3. The smallest absolute Gasteiger partial charge is 0.228 e. The molecule has 0 fully saturated rings. The molecular formula is C21H20N2O2S. The number of nitrogens with zero attached hydrogens (tertiary/aromatic N) is 1. The molecule has 26 heavy (non-hydrogen) atoms. The number of hydrogen-bond donors (Lipinski definition) is 1. The number of pyridine rings is 1. The number of para-hydroxylation sites is 1. The Labute approximate surface area is 157 Å². The summed E-state index contributed by atoms with van der Waals surface area (Å²) in [7, 11) is 1.61. The predicted molar refractivity (Wildman–Crippen MR) is 106 cm³/mol. The molecule has 4 nitrogen and oxygen atoms in total. The molecule has 0 radical (unpaired) electrons. The van der Waals surface area contributed by atoms with Crippen LogP contribution in [-0.2, 0) is 17.0 Å². The summed E-state index contributed by atoms with van der Waals surface area (Å²) in [5.74, 6) is 1.53. The van der Waals surface area contributed by atoms with Crippen molar-refractivity contribution < 1.29 is 9.53 Å². The van der Waals surface area contributed by atoms with Crippen LogP contribution in [0.2, 0.25) is 0 Å². The Kier molecular flexibility index (Phi) is 6.28. The zero-order chi connectivity index (χ0) is 18.2. The number of rotatable bonds is 7. The van der Waals surface area contributed by atoms with E-state index in [9.17, 15) is 4.79 Å². The van der Waals surface area contributed by atoms with Gasteiger partial charge in [0.05, 0.1) is 13.5 Å². The van der Waals surface area contributed by atoms with Crippen molar-refractivity contribution in [1.29, 1.82) is 0 Å². The number of hydrogen-bond acceptors (Lipinski definition) is 4. The number of amides is 1. The van der Waals surface area contributed by atoms with E-state index in [-0.39, 0.29) is 12.3 Å². The fraction of sp³-hybridized carbons (Fsp3) is 0.143. The molecule has 2 aromatic carbocycles. The lowest BCUT2D eigenvalue weighted by molar-refractivity contribution is -0.115. The van der Waals surface area contributed by atoms with Crippen molar-refractivity contribution in [3.8, 4) is 5.75 Å². The molecule has 0 atom stereocenters. The molecule has 1 aromatic heterocycles. The summed E-state index contributed by atoms with van der Waals surface area (Å²) in [5.41, 5.74) is 2.85. The predicted octanol–water partition coefficient (Wildman–Crippen LogP) is 4.56. The number of benzene rings is 2. The standard InChI is InChI=1S/C21H20N2O2S/c1-25-20-7-3-2-6-17(20)13-21(24)23-18-8-10-19(11-9-18)26-15-16-5-4-12-22-14-16/h2-12,14H,13,15H2,1H3,(H,23,24). The zero-order valence-electron chi connectivity index (χ0n) is 14.5. The average Bonchev–Trinajstić information content (AvgIpc) is 2.68. The number of anilines is 1. The van der Waals surface area contributed by atoms with Gasteiger partial charge in [-0.05, 0) is 42.0 Å². The quantitative estimate of drug-likeness (QED) is 0.624. The molecule has 3 rings (SSSR count). The summed E-state index contributed by atoms with van der Waals surface area (Å²) in [5, 5.41) is 2.93. The van der Waals surface area contributed by atoms with Crippen LogP contribution in [0.1, 0.15) is 11.1 Å². The van der Waals surface area contributed by atoms with E-state index in [2.05, 4.69) is 16.4 Å². The van der Waals surface area contributed by atoms with Crippen LogP contribution in [0.3, 0.4) is 0 Å². The van der Waals surface area contributed by atoms with Gasteiger partial charge in [0, 0.05) is 34.3 Å². The lowest BCUT2D eigenvalue weighted by Crippen LogP contribution is -2.14. The molecule has 0 unspecified atom stereocenters. The Bertz CT molecular complexity index is 851. The van der Waals surface area contributed by atoms with Gasteiger partial charge in [0.25, 0.3) is 0 Å². The Morgan fingerprint density at radius 1 is 1.08 bits per heavy atom. The first-order valence-electron chi connectivity index (χ1n) is 8.28. The van der Waals surface area contributed by atoms with Crippen LogP contribution in [0.25, 0.3) is 0 Å². The number of carbonyl (C=O) groups excluding carboxylic acids is 1. The molecule has 0 aliphatic carbocycles. The van der Waals surface area contributed by atoms with Crippen molar-refractivity contribution >= 4 is 23.4 Å². The van der Waals surface area contributed by atoms with Crippen LogP contribution in [0, 0.1) is 0 Å². The highest BCUT2D eigenvalue weighted by Crippen LogP contribution is 2.24. The number of thioether (sulfide) groups is 1. The van der Waals surface area contributed by atoms with E-state index in [1.54, 1.807) is 25.1 Å².